The molecule has 0 saturated heterocycles. The highest BCUT2D eigenvalue weighted by molar-refractivity contribution is 6.32. The van der Waals surface area contributed by atoms with Crippen LogP contribution in [0.25, 0.3) is 22.8 Å². The third-order valence-corrected chi connectivity index (χ3v) is 4.58. The van der Waals surface area contributed by atoms with Crippen LogP contribution in [0.15, 0.2) is 40.9 Å². The highest BCUT2D eigenvalue weighted by Gasteiger charge is 2.15. The van der Waals surface area contributed by atoms with Crippen LogP contribution in [0.3, 0.4) is 0 Å². The van der Waals surface area contributed by atoms with E-state index in [1.807, 2.05) is 51.2 Å². The Kier molecular flexibility index (Phi) is 7.12. The highest BCUT2D eigenvalue weighted by Crippen LogP contribution is 2.32. The number of benzene rings is 2. The topological polar surface area (TPSA) is 69.4 Å². The second-order valence-corrected chi connectivity index (χ2v) is 7.27. The number of aromatic nitrogens is 2. The Morgan fingerprint density at radius 2 is 2.00 bits per heavy atom. The van der Waals surface area contributed by atoms with Gasteiger partial charge in [0.2, 0.25) is 5.82 Å². The summed E-state index contributed by atoms with van der Waals surface area (Å²) in [7, 11) is 1.90. The zero-order chi connectivity index (χ0) is 20.8. The van der Waals surface area contributed by atoms with E-state index >= 15 is 0 Å². The number of likely N-dealkylation sites (N-methyl/N-ethyl adjacent to an activating group) is 1. The number of hydrogen-bond acceptors (Lipinski definition) is 6. The number of halogens is 1. The van der Waals surface area contributed by atoms with Crippen molar-refractivity contribution in [2.24, 2.45) is 0 Å². The van der Waals surface area contributed by atoms with Gasteiger partial charge in [0.15, 0.2) is 0 Å². The molecule has 29 heavy (non-hydrogen) atoms. The third kappa shape index (κ3) is 5.28. The Balaban J connectivity index is 1.83. The van der Waals surface area contributed by atoms with Gasteiger partial charge in [-0.05, 0) is 69.3 Å². The molecule has 0 spiro atoms. The van der Waals surface area contributed by atoms with Gasteiger partial charge in [-0.25, -0.2) is 0 Å². The van der Waals surface area contributed by atoms with Gasteiger partial charge in [0, 0.05) is 17.7 Å². The molecular weight excluding hydrogens is 390 g/mol. The molecule has 2 aromatic carbocycles. The van der Waals surface area contributed by atoms with Crippen LogP contribution in [0.5, 0.6) is 11.5 Å². The van der Waals surface area contributed by atoms with Crippen molar-refractivity contribution in [2.75, 3.05) is 20.2 Å². The zero-order valence-electron chi connectivity index (χ0n) is 17.2. The number of nitrogens with zero attached hydrogens (tertiary/aromatic N) is 2. The largest absolute Gasteiger partial charge is 0.492 e. The first-order valence-corrected chi connectivity index (χ1v) is 10.1. The van der Waals surface area contributed by atoms with E-state index in [4.69, 9.17) is 25.6 Å². The summed E-state index contributed by atoms with van der Waals surface area (Å²) in [5.74, 6) is 2.41. The molecule has 0 saturated carbocycles. The first-order valence-electron chi connectivity index (χ1n) is 9.72. The average molecular weight is 416 g/mol. The van der Waals surface area contributed by atoms with Crippen LogP contribution in [0.2, 0.25) is 5.02 Å². The van der Waals surface area contributed by atoms with Gasteiger partial charge in [-0.3, -0.25) is 0 Å². The number of rotatable bonds is 9. The summed E-state index contributed by atoms with van der Waals surface area (Å²) >= 11 is 6.33. The van der Waals surface area contributed by atoms with E-state index in [9.17, 15) is 0 Å². The van der Waals surface area contributed by atoms with E-state index in [1.54, 1.807) is 6.07 Å². The van der Waals surface area contributed by atoms with Gasteiger partial charge in [-0.15, -0.1) is 0 Å². The quantitative estimate of drug-likeness (QED) is 0.495. The van der Waals surface area contributed by atoms with Crippen LogP contribution < -0.4 is 14.8 Å². The fourth-order valence-electron chi connectivity index (χ4n) is 2.87. The molecule has 0 radical (unpaired) electrons. The molecule has 3 aromatic rings. The SMILES string of the molecule is CCc1cc(OCCNC)ccc1-c1noc(-c2ccc(OC(C)C)c(Cl)c2)n1. The highest BCUT2D eigenvalue weighted by atomic mass is 35.5. The number of nitrogens with one attached hydrogen (secondary N) is 1. The standard InChI is InChI=1S/C22H26ClN3O3/c1-5-15-12-17(27-11-10-24-4)7-8-18(15)21-25-22(29-26-21)16-6-9-20(19(23)13-16)28-14(2)3/h6-9,12-14,24H,5,10-11H2,1-4H3. The molecule has 0 bridgehead atoms. The first-order chi connectivity index (χ1) is 14.0. The molecule has 0 atom stereocenters. The maximum atomic E-state index is 6.33. The Morgan fingerprint density at radius 3 is 2.69 bits per heavy atom. The smallest absolute Gasteiger partial charge is 0.258 e. The normalized spacial score (nSPS) is 11.1. The van der Waals surface area contributed by atoms with E-state index in [0.29, 0.717) is 29.1 Å². The van der Waals surface area contributed by atoms with Gasteiger partial charge in [-0.2, -0.15) is 4.98 Å². The molecule has 3 rings (SSSR count). The summed E-state index contributed by atoms with van der Waals surface area (Å²) < 4.78 is 16.9. The van der Waals surface area contributed by atoms with Gasteiger partial charge in [0.1, 0.15) is 18.1 Å². The second-order valence-electron chi connectivity index (χ2n) is 6.86. The Labute approximate surface area is 176 Å². The number of ether oxygens (including phenoxy) is 2. The zero-order valence-corrected chi connectivity index (χ0v) is 17.9. The average Bonchev–Trinajstić information content (AvgIpc) is 3.19. The van der Waals surface area contributed by atoms with Crippen molar-refractivity contribution < 1.29 is 14.0 Å². The molecule has 1 aromatic heterocycles. The lowest BCUT2D eigenvalue weighted by Crippen LogP contribution is -2.16. The van der Waals surface area contributed by atoms with E-state index in [2.05, 4.69) is 22.4 Å². The van der Waals surface area contributed by atoms with E-state index in [0.717, 1.165) is 35.4 Å². The molecule has 0 fully saturated rings. The summed E-state index contributed by atoms with van der Waals surface area (Å²) in [4.78, 5) is 4.57. The van der Waals surface area contributed by atoms with Crippen LogP contribution >= 0.6 is 11.6 Å². The Hall–Kier alpha value is -2.57. The van der Waals surface area contributed by atoms with E-state index in [-0.39, 0.29) is 6.10 Å². The second kappa shape index (κ2) is 9.76. The molecule has 0 amide bonds. The molecule has 0 aliphatic carbocycles. The van der Waals surface area contributed by atoms with Crippen molar-refractivity contribution in [1.29, 1.82) is 0 Å². The molecule has 154 valence electrons. The third-order valence-electron chi connectivity index (χ3n) is 4.29. The lowest BCUT2D eigenvalue weighted by Gasteiger charge is -2.11. The minimum Gasteiger partial charge on any atom is -0.492 e. The predicted molar refractivity (Wildman–Crippen MR) is 115 cm³/mol. The lowest BCUT2D eigenvalue weighted by atomic mass is 10.0. The van der Waals surface area contributed by atoms with Crippen molar-refractivity contribution in [3.8, 4) is 34.3 Å². The summed E-state index contributed by atoms with van der Waals surface area (Å²) in [5.41, 5.74) is 2.77. The number of hydrogen-bond donors (Lipinski definition) is 1. The van der Waals surface area contributed by atoms with E-state index in [1.165, 1.54) is 0 Å². The minimum atomic E-state index is 0.0472. The summed E-state index contributed by atoms with van der Waals surface area (Å²) in [6.45, 7) is 7.40. The van der Waals surface area contributed by atoms with Gasteiger partial charge in [-0.1, -0.05) is 23.7 Å². The summed E-state index contributed by atoms with van der Waals surface area (Å²) in [6.07, 6.45) is 0.876. The summed E-state index contributed by atoms with van der Waals surface area (Å²) in [5, 5.41) is 7.74. The maximum Gasteiger partial charge on any atom is 0.258 e. The molecule has 1 heterocycles. The minimum absolute atomic E-state index is 0.0472. The van der Waals surface area contributed by atoms with Gasteiger partial charge in [0.25, 0.3) is 5.89 Å². The van der Waals surface area contributed by atoms with Gasteiger partial charge in [0.05, 0.1) is 11.1 Å². The van der Waals surface area contributed by atoms with Crippen molar-refractivity contribution >= 4 is 11.6 Å². The molecule has 0 aliphatic rings. The first kappa shape index (κ1) is 21.1. The number of aryl methyl sites for hydroxylation is 1. The lowest BCUT2D eigenvalue weighted by molar-refractivity contribution is 0.242. The molecule has 7 heteroatoms. The Bertz CT molecular complexity index is 956. The molecule has 0 aliphatic heterocycles. The van der Waals surface area contributed by atoms with Crippen molar-refractivity contribution in [3.63, 3.8) is 0 Å². The van der Waals surface area contributed by atoms with Gasteiger partial charge < -0.3 is 19.3 Å². The van der Waals surface area contributed by atoms with Crippen molar-refractivity contribution in [3.05, 3.63) is 47.0 Å². The van der Waals surface area contributed by atoms with Crippen LogP contribution in [-0.2, 0) is 6.42 Å². The molecule has 6 nitrogen and oxygen atoms in total. The monoisotopic (exact) mass is 415 g/mol. The van der Waals surface area contributed by atoms with Crippen LogP contribution in [0, 0.1) is 0 Å². The summed E-state index contributed by atoms with van der Waals surface area (Å²) in [6, 6.07) is 11.4. The fraction of sp³-hybridized carbons (Fsp3) is 0.364. The maximum absolute atomic E-state index is 6.33. The van der Waals surface area contributed by atoms with Crippen LogP contribution in [-0.4, -0.2) is 36.4 Å². The van der Waals surface area contributed by atoms with E-state index < -0.39 is 0 Å². The van der Waals surface area contributed by atoms with Crippen LogP contribution in [0.4, 0.5) is 0 Å². The Morgan fingerprint density at radius 1 is 1.17 bits per heavy atom. The fourth-order valence-corrected chi connectivity index (χ4v) is 3.10. The van der Waals surface area contributed by atoms with Gasteiger partial charge >= 0.3 is 0 Å². The molecule has 1 N–H and O–H groups in total. The van der Waals surface area contributed by atoms with Crippen LogP contribution in [0.1, 0.15) is 26.3 Å². The van der Waals surface area contributed by atoms with Crippen molar-refractivity contribution in [2.45, 2.75) is 33.3 Å². The molecular formula is C22H26ClN3O3. The predicted octanol–water partition coefficient (Wildman–Crippen LogP) is 5.00. The van der Waals surface area contributed by atoms with Crippen molar-refractivity contribution in [1.82, 2.24) is 15.5 Å². The molecule has 0 unspecified atom stereocenters.